The van der Waals surface area contributed by atoms with Crippen molar-refractivity contribution in [3.63, 3.8) is 0 Å². The van der Waals surface area contributed by atoms with E-state index >= 15 is 0 Å². The van der Waals surface area contributed by atoms with E-state index < -0.39 is 0 Å². The molecule has 3 nitrogen and oxygen atoms in total. The zero-order valence-electron chi connectivity index (χ0n) is 11.5. The van der Waals surface area contributed by atoms with E-state index in [0.717, 1.165) is 6.04 Å². The molecular weight excluding hydrogens is 198 g/mol. The van der Waals surface area contributed by atoms with Crippen LogP contribution in [0.3, 0.4) is 0 Å². The summed E-state index contributed by atoms with van der Waals surface area (Å²) in [6.45, 7) is 6.03. The fourth-order valence-electron chi connectivity index (χ4n) is 2.47. The molecule has 1 saturated heterocycles. The molecule has 0 aliphatic carbocycles. The molecule has 96 valence electrons. The second kappa shape index (κ2) is 7.25. The Bertz CT molecular complexity index is 184. The monoisotopic (exact) mass is 227 g/mol. The lowest BCUT2D eigenvalue weighted by Crippen LogP contribution is -2.45. The molecular formula is C13H29N3. The van der Waals surface area contributed by atoms with Crippen LogP contribution < -0.4 is 5.32 Å². The first-order valence-electron chi connectivity index (χ1n) is 6.69. The lowest BCUT2D eigenvalue weighted by atomic mass is 10.0. The fourth-order valence-corrected chi connectivity index (χ4v) is 2.47. The van der Waals surface area contributed by atoms with Gasteiger partial charge in [0.15, 0.2) is 0 Å². The predicted molar refractivity (Wildman–Crippen MR) is 70.9 cm³/mol. The minimum Gasteiger partial charge on any atom is -0.317 e. The normalized spacial score (nSPS) is 24.9. The minimum atomic E-state index is 0.655. The average Bonchev–Trinajstić information content (AvgIpc) is 2.28. The van der Waals surface area contributed by atoms with Gasteiger partial charge in [-0.2, -0.15) is 0 Å². The highest BCUT2D eigenvalue weighted by molar-refractivity contribution is 4.77. The van der Waals surface area contributed by atoms with Gasteiger partial charge in [-0.15, -0.1) is 0 Å². The van der Waals surface area contributed by atoms with Crippen LogP contribution in [-0.4, -0.2) is 62.7 Å². The van der Waals surface area contributed by atoms with Crippen molar-refractivity contribution in [2.45, 2.75) is 44.7 Å². The van der Waals surface area contributed by atoms with Crippen LogP contribution >= 0.6 is 0 Å². The van der Waals surface area contributed by atoms with E-state index in [-0.39, 0.29) is 0 Å². The Morgan fingerprint density at radius 1 is 1.50 bits per heavy atom. The van der Waals surface area contributed by atoms with Crippen LogP contribution in [0.5, 0.6) is 0 Å². The molecule has 0 bridgehead atoms. The number of rotatable bonds is 6. The van der Waals surface area contributed by atoms with Crippen molar-refractivity contribution in [1.29, 1.82) is 0 Å². The van der Waals surface area contributed by atoms with Crippen LogP contribution in [0.4, 0.5) is 0 Å². The first-order chi connectivity index (χ1) is 7.63. The van der Waals surface area contributed by atoms with E-state index in [1.54, 1.807) is 0 Å². The zero-order chi connectivity index (χ0) is 12.0. The van der Waals surface area contributed by atoms with Gasteiger partial charge in [0.2, 0.25) is 0 Å². The largest absolute Gasteiger partial charge is 0.317 e. The van der Waals surface area contributed by atoms with Crippen molar-refractivity contribution in [2.24, 2.45) is 0 Å². The van der Waals surface area contributed by atoms with Gasteiger partial charge in [0.1, 0.15) is 0 Å². The molecule has 1 aliphatic heterocycles. The average molecular weight is 227 g/mol. The molecule has 0 aromatic carbocycles. The van der Waals surface area contributed by atoms with Crippen molar-refractivity contribution in [1.82, 2.24) is 15.1 Å². The number of hydrogen-bond donors (Lipinski definition) is 1. The van der Waals surface area contributed by atoms with Crippen molar-refractivity contribution in [3.05, 3.63) is 0 Å². The second-order valence-electron chi connectivity index (χ2n) is 5.37. The fraction of sp³-hybridized carbons (Fsp3) is 1.00. The van der Waals surface area contributed by atoms with E-state index in [4.69, 9.17) is 0 Å². The molecule has 1 heterocycles. The Morgan fingerprint density at radius 2 is 2.25 bits per heavy atom. The summed E-state index contributed by atoms with van der Waals surface area (Å²) in [4.78, 5) is 5.01. The Morgan fingerprint density at radius 3 is 2.88 bits per heavy atom. The zero-order valence-corrected chi connectivity index (χ0v) is 11.5. The first kappa shape index (κ1) is 13.9. The number of nitrogens with zero attached hydrogens (tertiary/aromatic N) is 2. The van der Waals surface area contributed by atoms with Crippen molar-refractivity contribution < 1.29 is 0 Å². The summed E-state index contributed by atoms with van der Waals surface area (Å²) in [7, 11) is 6.57. The number of likely N-dealkylation sites (N-methyl/N-ethyl adjacent to an activating group) is 2. The Hall–Kier alpha value is -0.120. The van der Waals surface area contributed by atoms with Crippen LogP contribution in [0.25, 0.3) is 0 Å². The molecule has 0 radical (unpaired) electrons. The molecule has 2 atom stereocenters. The van der Waals surface area contributed by atoms with E-state index in [0.29, 0.717) is 6.04 Å². The van der Waals surface area contributed by atoms with E-state index in [1.807, 2.05) is 7.05 Å². The quantitative estimate of drug-likeness (QED) is 0.740. The van der Waals surface area contributed by atoms with Gasteiger partial charge >= 0.3 is 0 Å². The third kappa shape index (κ3) is 4.81. The van der Waals surface area contributed by atoms with E-state index in [9.17, 15) is 0 Å². The molecule has 0 saturated carbocycles. The van der Waals surface area contributed by atoms with Gasteiger partial charge in [-0.05, 0) is 66.8 Å². The molecule has 1 rings (SSSR count). The third-order valence-electron chi connectivity index (χ3n) is 3.86. The molecule has 0 aromatic heterocycles. The maximum Gasteiger partial charge on any atom is 0.0220 e. The summed E-state index contributed by atoms with van der Waals surface area (Å²) in [6.07, 6.45) is 5.32. The molecule has 1 fully saturated rings. The Balaban J connectivity index is 2.16. The standard InChI is InChI=1S/C13H29N3/c1-12(14-2)7-5-10-16(4)13-8-6-9-15(3)11-13/h12-14H,5-11H2,1-4H3. The maximum atomic E-state index is 3.30. The summed E-state index contributed by atoms with van der Waals surface area (Å²) < 4.78 is 0. The highest BCUT2D eigenvalue weighted by atomic mass is 15.2. The van der Waals surface area contributed by atoms with Crippen molar-refractivity contribution >= 4 is 0 Å². The van der Waals surface area contributed by atoms with Gasteiger partial charge in [0, 0.05) is 18.6 Å². The molecule has 3 heteroatoms. The molecule has 0 spiro atoms. The van der Waals surface area contributed by atoms with E-state index in [1.165, 1.54) is 45.3 Å². The van der Waals surface area contributed by atoms with Gasteiger partial charge in [-0.1, -0.05) is 0 Å². The number of nitrogens with one attached hydrogen (secondary N) is 1. The summed E-state index contributed by atoms with van der Waals surface area (Å²) in [6, 6.07) is 1.44. The summed E-state index contributed by atoms with van der Waals surface area (Å²) in [5.74, 6) is 0. The second-order valence-corrected chi connectivity index (χ2v) is 5.37. The van der Waals surface area contributed by atoms with Crippen LogP contribution in [0.2, 0.25) is 0 Å². The first-order valence-corrected chi connectivity index (χ1v) is 6.69. The molecule has 1 aliphatic rings. The van der Waals surface area contributed by atoms with Crippen molar-refractivity contribution in [2.75, 3.05) is 40.8 Å². The lowest BCUT2D eigenvalue weighted by Gasteiger charge is -2.36. The van der Waals surface area contributed by atoms with Crippen LogP contribution in [0, 0.1) is 0 Å². The van der Waals surface area contributed by atoms with Crippen molar-refractivity contribution in [3.8, 4) is 0 Å². The lowest BCUT2D eigenvalue weighted by molar-refractivity contribution is 0.132. The predicted octanol–water partition coefficient (Wildman–Crippen LogP) is 1.40. The number of likely N-dealkylation sites (tertiary alicyclic amines) is 1. The highest BCUT2D eigenvalue weighted by Crippen LogP contribution is 2.13. The Labute approximate surface area is 101 Å². The summed E-state index contributed by atoms with van der Waals surface area (Å²) >= 11 is 0. The molecule has 16 heavy (non-hydrogen) atoms. The number of hydrogen-bond acceptors (Lipinski definition) is 3. The van der Waals surface area contributed by atoms with Gasteiger partial charge in [0.05, 0.1) is 0 Å². The maximum absolute atomic E-state index is 3.30. The van der Waals surface area contributed by atoms with Crippen LogP contribution in [0.1, 0.15) is 32.6 Å². The van der Waals surface area contributed by atoms with Crippen LogP contribution in [0.15, 0.2) is 0 Å². The molecule has 0 aromatic rings. The molecule has 2 unspecified atom stereocenters. The third-order valence-corrected chi connectivity index (χ3v) is 3.86. The smallest absolute Gasteiger partial charge is 0.0220 e. The highest BCUT2D eigenvalue weighted by Gasteiger charge is 2.20. The number of piperidine rings is 1. The van der Waals surface area contributed by atoms with Crippen LogP contribution in [-0.2, 0) is 0 Å². The van der Waals surface area contributed by atoms with Gasteiger partial charge in [-0.25, -0.2) is 0 Å². The molecule has 0 amide bonds. The summed E-state index contributed by atoms with van der Waals surface area (Å²) in [5, 5.41) is 3.30. The van der Waals surface area contributed by atoms with Gasteiger partial charge < -0.3 is 15.1 Å². The SMILES string of the molecule is CNC(C)CCCN(C)C1CCCN(C)C1. The van der Waals surface area contributed by atoms with Gasteiger partial charge in [0.25, 0.3) is 0 Å². The molecule has 1 N–H and O–H groups in total. The van der Waals surface area contributed by atoms with E-state index in [2.05, 4.69) is 36.1 Å². The topological polar surface area (TPSA) is 18.5 Å². The Kier molecular flexibility index (Phi) is 6.32. The minimum absolute atomic E-state index is 0.655. The summed E-state index contributed by atoms with van der Waals surface area (Å²) in [5.41, 5.74) is 0. The van der Waals surface area contributed by atoms with Gasteiger partial charge in [-0.3, -0.25) is 0 Å².